The van der Waals surface area contributed by atoms with Crippen LogP contribution in [0.3, 0.4) is 0 Å². The molecule has 0 heterocycles. The molecule has 0 radical (unpaired) electrons. The number of hydrogen-bond donors (Lipinski definition) is 1. The first-order chi connectivity index (χ1) is 12.7. The van der Waals surface area contributed by atoms with Crippen LogP contribution < -0.4 is 0 Å². The Balaban J connectivity index is 3.08. The van der Waals surface area contributed by atoms with Gasteiger partial charge in [-0.25, -0.2) is 4.79 Å². The molecule has 0 spiro atoms. The summed E-state index contributed by atoms with van der Waals surface area (Å²) >= 11 is 0. The van der Waals surface area contributed by atoms with E-state index in [0.717, 1.165) is 25.7 Å². The molecule has 0 aliphatic carbocycles. The standard InChI is InChI=1S/C22H40O4/c1-26-22(25)20-18-16-14-12-10-8-6-4-2-3-5-7-9-11-13-15-17-19-21(23)24/h18,20H,2-17,19H2,1H3,(H,23,24). The van der Waals surface area contributed by atoms with Crippen molar-refractivity contribution in [2.24, 2.45) is 0 Å². The van der Waals surface area contributed by atoms with Crippen molar-refractivity contribution in [1.82, 2.24) is 0 Å². The van der Waals surface area contributed by atoms with Gasteiger partial charge in [0.25, 0.3) is 0 Å². The predicted octanol–water partition coefficient (Wildman–Crippen LogP) is 6.43. The molecule has 0 aromatic heterocycles. The average molecular weight is 369 g/mol. The molecule has 0 amide bonds. The van der Waals surface area contributed by atoms with Crippen molar-refractivity contribution in [3.8, 4) is 0 Å². The fourth-order valence-electron chi connectivity index (χ4n) is 3.08. The zero-order valence-electron chi connectivity index (χ0n) is 16.8. The molecular formula is C22H40O4. The minimum absolute atomic E-state index is 0.263. The van der Waals surface area contributed by atoms with Crippen molar-refractivity contribution in [2.45, 2.75) is 109 Å². The number of ether oxygens (including phenoxy) is 1. The predicted molar refractivity (Wildman–Crippen MR) is 107 cm³/mol. The van der Waals surface area contributed by atoms with Gasteiger partial charge < -0.3 is 9.84 Å². The number of methoxy groups -OCH3 is 1. The van der Waals surface area contributed by atoms with Crippen molar-refractivity contribution in [3.63, 3.8) is 0 Å². The van der Waals surface area contributed by atoms with E-state index in [4.69, 9.17) is 5.11 Å². The molecule has 0 rings (SSSR count). The van der Waals surface area contributed by atoms with Crippen LogP contribution in [0.5, 0.6) is 0 Å². The van der Waals surface area contributed by atoms with E-state index in [1.165, 1.54) is 90.2 Å². The van der Waals surface area contributed by atoms with Gasteiger partial charge in [0, 0.05) is 12.5 Å². The normalized spacial score (nSPS) is 11.1. The lowest BCUT2D eigenvalue weighted by molar-refractivity contribution is -0.137. The van der Waals surface area contributed by atoms with E-state index in [2.05, 4.69) is 4.74 Å². The summed E-state index contributed by atoms with van der Waals surface area (Å²) in [6.45, 7) is 0. The summed E-state index contributed by atoms with van der Waals surface area (Å²) in [5.74, 6) is -0.932. The Morgan fingerprint density at radius 2 is 1.08 bits per heavy atom. The van der Waals surface area contributed by atoms with Gasteiger partial charge in [-0.3, -0.25) is 4.79 Å². The number of carbonyl (C=O) groups excluding carboxylic acids is 1. The first-order valence-corrected chi connectivity index (χ1v) is 10.6. The summed E-state index contributed by atoms with van der Waals surface area (Å²) in [4.78, 5) is 21.3. The Labute approximate surface area is 160 Å². The highest BCUT2D eigenvalue weighted by molar-refractivity contribution is 5.81. The monoisotopic (exact) mass is 368 g/mol. The highest BCUT2D eigenvalue weighted by Gasteiger charge is 1.97. The van der Waals surface area contributed by atoms with Gasteiger partial charge in [-0.15, -0.1) is 0 Å². The molecule has 0 saturated heterocycles. The second-order valence-corrected chi connectivity index (χ2v) is 7.16. The quantitative estimate of drug-likeness (QED) is 0.162. The molecule has 0 aromatic rings. The van der Waals surface area contributed by atoms with E-state index in [0.29, 0.717) is 6.42 Å². The van der Waals surface area contributed by atoms with Gasteiger partial charge in [-0.2, -0.15) is 0 Å². The summed E-state index contributed by atoms with van der Waals surface area (Å²) < 4.78 is 4.55. The molecule has 4 heteroatoms. The molecule has 4 nitrogen and oxygen atoms in total. The molecule has 0 aromatic carbocycles. The largest absolute Gasteiger partial charge is 0.481 e. The summed E-state index contributed by atoms with van der Waals surface area (Å²) in [6, 6.07) is 0. The number of hydrogen-bond acceptors (Lipinski definition) is 3. The van der Waals surface area contributed by atoms with Crippen LogP contribution in [-0.4, -0.2) is 24.2 Å². The maximum Gasteiger partial charge on any atom is 0.330 e. The van der Waals surface area contributed by atoms with E-state index in [-0.39, 0.29) is 5.97 Å². The molecule has 0 bridgehead atoms. The van der Waals surface area contributed by atoms with Gasteiger partial charge in [0.15, 0.2) is 0 Å². The molecule has 0 saturated carbocycles. The second-order valence-electron chi connectivity index (χ2n) is 7.16. The van der Waals surface area contributed by atoms with Crippen LogP contribution in [0.4, 0.5) is 0 Å². The van der Waals surface area contributed by atoms with Crippen molar-refractivity contribution >= 4 is 11.9 Å². The Hall–Kier alpha value is -1.32. The number of carboxylic acid groups (broad SMARTS) is 1. The van der Waals surface area contributed by atoms with Gasteiger partial charge >= 0.3 is 11.9 Å². The molecule has 0 aliphatic rings. The zero-order chi connectivity index (χ0) is 19.3. The molecule has 0 atom stereocenters. The second kappa shape index (κ2) is 20.0. The van der Waals surface area contributed by atoms with E-state index in [1.54, 1.807) is 0 Å². The summed E-state index contributed by atoms with van der Waals surface area (Å²) in [6.07, 6.45) is 23.5. The third kappa shape index (κ3) is 20.7. The van der Waals surface area contributed by atoms with Crippen LogP contribution in [0.1, 0.15) is 109 Å². The number of rotatable bonds is 19. The van der Waals surface area contributed by atoms with E-state index in [9.17, 15) is 9.59 Å². The maximum atomic E-state index is 10.9. The van der Waals surface area contributed by atoms with Crippen molar-refractivity contribution < 1.29 is 19.4 Å². The molecular weight excluding hydrogens is 328 g/mol. The van der Waals surface area contributed by atoms with Gasteiger partial charge in [0.1, 0.15) is 0 Å². The van der Waals surface area contributed by atoms with Crippen LogP contribution in [-0.2, 0) is 14.3 Å². The molecule has 0 fully saturated rings. The summed E-state index contributed by atoms with van der Waals surface area (Å²) in [5, 5.41) is 8.56. The van der Waals surface area contributed by atoms with Gasteiger partial charge in [0.2, 0.25) is 0 Å². The molecule has 1 N–H and O–H groups in total. The van der Waals surface area contributed by atoms with Gasteiger partial charge in [-0.05, 0) is 19.3 Å². The number of carboxylic acids is 1. The van der Waals surface area contributed by atoms with Gasteiger partial charge in [-0.1, -0.05) is 89.5 Å². The maximum absolute atomic E-state index is 10.9. The fraction of sp³-hybridized carbons (Fsp3) is 0.818. The number of allylic oxidation sites excluding steroid dienone is 1. The lowest BCUT2D eigenvalue weighted by atomic mass is 10.0. The molecule has 0 aliphatic heterocycles. The smallest absolute Gasteiger partial charge is 0.330 e. The van der Waals surface area contributed by atoms with E-state index >= 15 is 0 Å². The third-order valence-corrected chi connectivity index (χ3v) is 4.72. The SMILES string of the molecule is COC(=O)C=CCCCCCCCCCCCCCCCCCC(=O)O. The number of unbranched alkanes of at least 4 members (excludes halogenated alkanes) is 15. The highest BCUT2D eigenvalue weighted by atomic mass is 16.5. The Bertz CT molecular complexity index is 363. The van der Waals surface area contributed by atoms with Crippen molar-refractivity contribution in [2.75, 3.05) is 7.11 Å². The van der Waals surface area contributed by atoms with Crippen LogP contribution in [0, 0.1) is 0 Å². The third-order valence-electron chi connectivity index (χ3n) is 4.72. The Morgan fingerprint density at radius 1 is 0.692 bits per heavy atom. The summed E-state index contributed by atoms with van der Waals surface area (Å²) in [7, 11) is 1.40. The molecule has 0 unspecified atom stereocenters. The lowest BCUT2D eigenvalue weighted by Crippen LogP contribution is -1.93. The van der Waals surface area contributed by atoms with Gasteiger partial charge in [0.05, 0.1) is 7.11 Å². The zero-order valence-corrected chi connectivity index (χ0v) is 16.8. The van der Waals surface area contributed by atoms with E-state index in [1.807, 2.05) is 6.08 Å². The van der Waals surface area contributed by atoms with Crippen LogP contribution in [0.15, 0.2) is 12.2 Å². The minimum Gasteiger partial charge on any atom is -0.481 e. The number of aliphatic carboxylic acids is 1. The number of esters is 1. The van der Waals surface area contributed by atoms with Crippen LogP contribution in [0.25, 0.3) is 0 Å². The Morgan fingerprint density at radius 3 is 1.46 bits per heavy atom. The van der Waals surface area contributed by atoms with E-state index < -0.39 is 5.97 Å². The molecule has 152 valence electrons. The molecule has 26 heavy (non-hydrogen) atoms. The summed E-state index contributed by atoms with van der Waals surface area (Å²) in [5.41, 5.74) is 0. The lowest BCUT2D eigenvalue weighted by Gasteiger charge is -2.03. The first-order valence-electron chi connectivity index (χ1n) is 10.6. The fourth-order valence-corrected chi connectivity index (χ4v) is 3.08. The van der Waals surface area contributed by atoms with Crippen LogP contribution >= 0.6 is 0 Å². The van der Waals surface area contributed by atoms with Crippen molar-refractivity contribution in [3.05, 3.63) is 12.2 Å². The first kappa shape index (κ1) is 24.7. The average Bonchev–Trinajstić information content (AvgIpc) is 2.63. The highest BCUT2D eigenvalue weighted by Crippen LogP contribution is 2.14. The number of carbonyl (C=O) groups is 2. The van der Waals surface area contributed by atoms with Crippen molar-refractivity contribution in [1.29, 1.82) is 0 Å². The minimum atomic E-state index is -0.669. The topological polar surface area (TPSA) is 63.6 Å². The Kier molecular flexibility index (Phi) is 19.0. The van der Waals surface area contributed by atoms with Crippen LogP contribution in [0.2, 0.25) is 0 Å².